The van der Waals surface area contributed by atoms with Crippen molar-refractivity contribution in [2.45, 2.75) is 21.6 Å². The number of benzene rings is 2. The molecule has 0 atom stereocenters. The van der Waals surface area contributed by atoms with Gasteiger partial charge in [0.15, 0.2) is 0 Å². The molecule has 0 saturated heterocycles. The molecule has 0 fully saturated rings. The Morgan fingerprint density at radius 1 is 0.630 bits per heavy atom. The molecule has 0 aromatic heterocycles. The molecule has 0 heterocycles. The van der Waals surface area contributed by atoms with Crippen LogP contribution in [0.25, 0.3) is 0 Å². The minimum Gasteiger partial charge on any atom is -0.360 e. The SMILES string of the molecule is COC(OC)[SiH2]c1ccccc1SSSc1ccccc1[SiH2]C(OC)OC. The average Bonchev–Trinajstić information content (AvgIpc) is 2.72. The van der Waals surface area contributed by atoms with Gasteiger partial charge in [-0.15, -0.1) is 0 Å². The van der Waals surface area contributed by atoms with Crippen molar-refractivity contribution in [2.24, 2.45) is 0 Å². The lowest BCUT2D eigenvalue weighted by atomic mass is 10.4. The third-order valence-corrected chi connectivity index (χ3v) is 12.6. The fraction of sp³-hybridized carbons (Fsp3) is 0.333. The van der Waals surface area contributed by atoms with Crippen LogP contribution >= 0.6 is 31.4 Å². The van der Waals surface area contributed by atoms with Crippen LogP contribution in [0.1, 0.15) is 0 Å². The summed E-state index contributed by atoms with van der Waals surface area (Å²) < 4.78 is 21.6. The van der Waals surface area contributed by atoms with Crippen molar-refractivity contribution < 1.29 is 18.9 Å². The first-order valence-electron chi connectivity index (χ1n) is 8.50. The third kappa shape index (κ3) is 7.60. The quantitative estimate of drug-likeness (QED) is 0.273. The minimum absolute atomic E-state index is 0.0869. The second kappa shape index (κ2) is 13.1. The number of methoxy groups -OCH3 is 4. The standard InChI is InChI=1S/C18H26O4S3Si2/c1-19-17(20-2)26-15-11-7-5-9-13(15)23-25-24-14-10-6-8-12-16(14)27-18(21-3)22-4/h5-12,17-18H,26-27H2,1-4H3. The van der Waals surface area contributed by atoms with Gasteiger partial charge in [-0.25, -0.2) is 0 Å². The zero-order valence-corrected chi connectivity index (χ0v) is 21.3. The van der Waals surface area contributed by atoms with E-state index in [1.54, 1.807) is 59.9 Å². The zero-order chi connectivity index (χ0) is 19.5. The maximum atomic E-state index is 5.41. The molecule has 0 bridgehead atoms. The summed E-state index contributed by atoms with van der Waals surface area (Å²) in [6.45, 7) is 0. The second-order valence-corrected chi connectivity index (χ2v) is 13.3. The first-order valence-corrected chi connectivity index (χ1v) is 15.0. The van der Waals surface area contributed by atoms with E-state index in [0.717, 1.165) is 0 Å². The van der Waals surface area contributed by atoms with Crippen molar-refractivity contribution in [1.82, 2.24) is 0 Å². The van der Waals surface area contributed by atoms with Crippen molar-refractivity contribution in [3.8, 4) is 0 Å². The van der Waals surface area contributed by atoms with Gasteiger partial charge in [0.1, 0.15) is 30.9 Å². The van der Waals surface area contributed by atoms with Crippen LogP contribution in [0.3, 0.4) is 0 Å². The number of hydrogen-bond donors (Lipinski definition) is 0. The van der Waals surface area contributed by atoms with E-state index in [-0.39, 0.29) is 11.8 Å². The summed E-state index contributed by atoms with van der Waals surface area (Å²) in [5.74, 6) is -0.174. The molecule has 9 heteroatoms. The largest absolute Gasteiger partial charge is 0.360 e. The molecular formula is C18H26O4S3Si2. The Labute approximate surface area is 177 Å². The van der Waals surface area contributed by atoms with Crippen molar-refractivity contribution in [2.75, 3.05) is 28.4 Å². The molecule has 0 saturated carbocycles. The van der Waals surface area contributed by atoms with Crippen LogP contribution in [0.5, 0.6) is 0 Å². The lowest BCUT2D eigenvalue weighted by molar-refractivity contribution is -0.0431. The monoisotopic (exact) mass is 458 g/mol. The van der Waals surface area contributed by atoms with Crippen LogP contribution in [0, 0.1) is 0 Å². The normalized spacial score (nSPS) is 12.4. The molecule has 27 heavy (non-hydrogen) atoms. The van der Waals surface area contributed by atoms with Gasteiger partial charge in [0.25, 0.3) is 0 Å². The average molecular weight is 459 g/mol. The van der Waals surface area contributed by atoms with Gasteiger partial charge in [-0.3, -0.25) is 0 Å². The van der Waals surface area contributed by atoms with Crippen LogP contribution in [-0.4, -0.2) is 59.3 Å². The first-order chi connectivity index (χ1) is 13.2. The summed E-state index contributed by atoms with van der Waals surface area (Å²) in [6, 6.07) is 17.1. The highest BCUT2D eigenvalue weighted by atomic mass is 33.5. The van der Waals surface area contributed by atoms with E-state index >= 15 is 0 Å². The first kappa shape index (κ1) is 23.0. The maximum absolute atomic E-state index is 5.41. The molecule has 0 amide bonds. The van der Waals surface area contributed by atoms with E-state index in [9.17, 15) is 0 Å². The predicted molar refractivity (Wildman–Crippen MR) is 124 cm³/mol. The fourth-order valence-corrected chi connectivity index (χ4v) is 10.6. The minimum atomic E-state index is -0.661. The smallest absolute Gasteiger partial charge is 0.139 e. The van der Waals surface area contributed by atoms with Crippen LogP contribution in [0.15, 0.2) is 58.3 Å². The Morgan fingerprint density at radius 2 is 1.00 bits per heavy atom. The zero-order valence-electron chi connectivity index (χ0n) is 16.0. The molecule has 0 aliphatic rings. The fourth-order valence-electron chi connectivity index (χ4n) is 2.48. The van der Waals surface area contributed by atoms with Crippen LogP contribution in [0.2, 0.25) is 0 Å². The number of hydrogen-bond acceptors (Lipinski definition) is 7. The van der Waals surface area contributed by atoms with Crippen LogP contribution < -0.4 is 10.4 Å². The molecular weight excluding hydrogens is 433 g/mol. The van der Waals surface area contributed by atoms with Gasteiger partial charge >= 0.3 is 0 Å². The van der Waals surface area contributed by atoms with E-state index in [0.29, 0.717) is 0 Å². The van der Waals surface area contributed by atoms with E-state index in [1.807, 2.05) is 0 Å². The van der Waals surface area contributed by atoms with Crippen LogP contribution in [0.4, 0.5) is 0 Å². The molecule has 2 rings (SSSR count). The molecule has 0 radical (unpaired) electrons. The number of ether oxygens (including phenoxy) is 4. The molecule has 2 aromatic rings. The van der Waals surface area contributed by atoms with Gasteiger partial charge < -0.3 is 18.9 Å². The molecule has 0 unspecified atom stereocenters. The maximum Gasteiger partial charge on any atom is 0.139 e. The summed E-state index contributed by atoms with van der Waals surface area (Å²) in [6.07, 6.45) is 0. The van der Waals surface area contributed by atoms with Crippen molar-refractivity contribution in [3.05, 3.63) is 48.5 Å². The van der Waals surface area contributed by atoms with Crippen LogP contribution in [-0.2, 0) is 18.9 Å². The summed E-state index contributed by atoms with van der Waals surface area (Å²) in [4.78, 5) is 2.59. The molecule has 2 aromatic carbocycles. The second-order valence-electron chi connectivity index (χ2n) is 5.66. The predicted octanol–water partition coefficient (Wildman–Crippen LogP) is 1.88. The lowest BCUT2D eigenvalue weighted by Crippen LogP contribution is -2.32. The lowest BCUT2D eigenvalue weighted by Gasteiger charge is -2.16. The Morgan fingerprint density at radius 3 is 1.37 bits per heavy atom. The van der Waals surface area contributed by atoms with Crippen molar-refractivity contribution in [3.63, 3.8) is 0 Å². The van der Waals surface area contributed by atoms with Gasteiger partial charge in [-0.05, 0) is 53.9 Å². The van der Waals surface area contributed by atoms with E-state index in [1.165, 1.54) is 20.2 Å². The van der Waals surface area contributed by atoms with E-state index < -0.39 is 19.0 Å². The summed E-state index contributed by atoms with van der Waals surface area (Å²) in [5.41, 5.74) is 0. The van der Waals surface area contributed by atoms with Gasteiger partial charge in [0.2, 0.25) is 0 Å². The summed E-state index contributed by atoms with van der Waals surface area (Å²) >= 11 is 0. The third-order valence-electron chi connectivity index (χ3n) is 4.02. The van der Waals surface area contributed by atoms with E-state index in [2.05, 4.69) is 48.5 Å². The van der Waals surface area contributed by atoms with Crippen molar-refractivity contribution in [1.29, 1.82) is 0 Å². The molecule has 4 nitrogen and oxygen atoms in total. The summed E-state index contributed by atoms with van der Waals surface area (Å²) in [5, 5.41) is 2.73. The highest BCUT2D eigenvalue weighted by Crippen LogP contribution is 2.43. The molecule has 0 aliphatic carbocycles. The van der Waals surface area contributed by atoms with Gasteiger partial charge in [-0.1, -0.05) is 36.4 Å². The highest BCUT2D eigenvalue weighted by Gasteiger charge is 2.14. The Balaban J connectivity index is 1.99. The topological polar surface area (TPSA) is 36.9 Å². The van der Waals surface area contributed by atoms with E-state index in [4.69, 9.17) is 18.9 Å². The highest BCUT2D eigenvalue weighted by molar-refractivity contribution is 9.09. The molecule has 148 valence electrons. The Kier molecular flexibility index (Phi) is 11.2. The Bertz CT molecular complexity index is 628. The number of rotatable bonds is 12. The molecule has 0 spiro atoms. The molecule has 0 aliphatic heterocycles. The summed E-state index contributed by atoms with van der Waals surface area (Å²) in [7, 11) is 10.9. The van der Waals surface area contributed by atoms with Gasteiger partial charge in [-0.2, -0.15) is 0 Å². The van der Waals surface area contributed by atoms with Gasteiger partial charge in [0, 0.05) is 38.2 Å². The Hall–Kier alpha value is -0.236. The van der Waals surface area contributed by atoms with Gasteiger partial charge in [0.05, 0.1) is 0 Å². The van der Waals surface area contributed by atoms with Crippen molar-refractivity contribution >= 4 is 60.8 Å². The molecule has 0 N–H and O–H groups in total.